The number of hydrogen-bond donors (Lipinski definition) is 1. The van der Waals surface area contributed by atoms with E-state index in [1.54, 1.807) is 0 Å². The molecule has 2 aliphatic carbocycles. The smallest absolute Gasteiger partial charge is 0.198 e. The van der Waals surface area contributed by atoms with Crippen molar-refractivity contribution < 1.29 is 14.1 Å². The van der Waals surface area contributed by atoms with Crippen molar-refractivity contribution in [3.8, 4) is 5.75 Å². The summed E-state index contributed by atoms with van der Waals surface area (Å²) in [5.41, 5.74) is 7.23. The zero-order valence-electron chi connectivity index (χ0n) is 16.5. The first-order valence-electron chi connectivity index (χ1n) is 10.3. The number of aryl methyl sites for hydroxylation is 2. The fraction of sp³-hybridized carbons (Fsp3) is 0.545. The SMILES string of the molecule is Cc1ccc(C2(C3CC3)N=CON2)c(C)c1OCCCc1cc(C2CC2)no1. The summed E-state index contributed by atoms with van der Waals surface area (Å²) >= 11 is 0. The molecule has 1 N–H and O–H groups in total. The van der Waals surface area contributed by atoms with E-state index in [-0.39, 0.29) is 0 Å². The van der Waals surface area contributed by atoms with E-state index in [2.05, 4.69) is 47.7 Å². The minimum absolute atomic E-state index is 0.463. The minimum Gasteiger partial charge on any atom is -0.493 e. The Bertz CT molecular complexity index is 898. The average Bonchev–Trinajstić information content (AvgIpc) is 3.63. The Morgan fingerprint density at radius 3 is 2.79 bits per heavy atom. The van der Waals surface area contributed by atoms with Gasteiger partial charge in [0.25, 0.3) is 0 Å². The van der Waals surface area contributed by atoms with Crippen LogP contribution in [0.25, 0.3) is 0 Å². The van der Waals surface area contributed by atoms with Gasteiger partial charge in [-0.2, -0.15) is 0 Å². The monoisotopic (exact) mass is 381 g/mol. The van der Waals surface area contributed by atoms with Crippen molar-refractivity contribution >= 4 is 6.40 Å². The molecule has 6 nitrogen and oxygen atoms in total. The van der Waals surface area contributed by atoms with Crippen molar-refractivity contribution in [2.24, 2.45) is 10.9 Å². The Morgan fingerprint density at radius 1 is 1.21 bits per heavy atom. The van der Waals surface area contributed by atoms with Crippen LogP contribution in [0.3, 0.4) is 0 Å². The van der Waals surface area contributed by atoms with Gasteiger partial charge >= 0.3 is 0 Å². The fourth-order valence-electron chi connectivity index (χ4n) is 4.19. The molecule has 1 aromatic carbocycles. The van der Waals surface area contributed by atoms with Gasteiger partial charge in [0, 0.05) is 29.9 Å². The molecule has 5 rings (SSSR count). The molecule has 1 aromatic heterocycles. The molecule has 6 heteroatoms. The van der Waals surface area contributed by atoms with E-state index < -0.39 is 5.66 Å². The Labute approximate surface area is 165 Å². The molecule has 0 spiro atoms. The molecule has 2 aromatic rings. The van der Waals surface area contributed by atoms with E-state index in [0.29, 0.717) is 18.4 Å². The highest BCUT2D eigenvalue weighted by Crippen LogP contribution is 2.49. The maximum Gasteiger partial charge on any atom is 0.198 e. The second-order valence-electron chi connectivity index (χ2n) is 8.32. The lowest BCUT2D eigenvalue weighted by atomic mass is 9.90. The largest absolute Gasteiger partial charge is 0.493 e. The zero-order valence-corrected chi connectivity index (χ0v) is 16.5. The van der Waals surface area contributed by atoms with Crippen LogP contribution < -0.4 is 10.2 Å². The molecule has 28 heavy (non-hydrogen) atoms. The van der Waals surface area contributed by atoms with Crippen LogP contribution in [-0.2, 0) is 16.9 Å². The number of nitrogens with zero attached hydrogens (tertiary/aromatic N) is 2. The van der Waals surface area contributed by atoms with Crippen molar-refractivity contribution in [3.05, 3.63) is 46.3 Å². The summed E-state index contributed by atoms with van der Waals surface area (Å²) in [6.07, 6.45) is 8.09. The Kier molecular flexibility index (Phi) is 4.38. The first-order chi connectivity index (χ1) is 13.7. The van der Waals surface area contributed by atoms with Gasteiger partial charge < -0.3 is 14.1 Å². The molecule has 3 aliphatic rings. The number of ether oxygens (including phenoxy) is 1. The highest BCUT2D eigenvalue weighted by atomic mass is 16.7. The zero-order chi connectivity index (χ0) is 19.1. The Hall–Kier alpha value is -2.34. The van der Waals surface area contributed by atoms with Gasteiger partial charge in [-0.1, -0.05) is 17.3 Å². The summed E-state index contributed by atoms with van der Waals surface area (Å²) in [6.45, 7) is 4.86. The first kappa shape index (κ1) is 17.7. The van der Waals surface area contributed by atoms with Gasteiger partial charge in [0.1, 0.15) is 11.5 Å². The summed E-state index contributed by atoms with van der Waals surface area (Å²) in [5.74, 6) is 3.03. The van der Waals surface area contributed by atoms with Gasteiger partial charge in [0.15, 0.2) is 12.1 Å². The van der Waals surface area contributed by atoms with E-state index in [9.17, 15) is 0 Å². The molecule has 2 saturated carbocycles. The molecule has 148 valence electrons. The van der Waals surface area contributed by atoms with Gasteiger partial charge in [-0.25, -0.2) is 4.99 Å². The number of hydrogen-bond acceptors (Lipinski definition) is 6. The quantitative estimate of drug-likeness (QED) is 0.690. The molecule has 2 fully saturated rings. The molecule has 0 amide bonds. The summed E-state index contributed by atoms with van der Waals surface area (Å²) < 4.78 is 11.7. The van der Waals surface area contributed by atoms with Crippen LogP contribution in [0.1, 0.15) is 66.2 Å². The first-order valence-corrected chi connectivity index (χ1v) is 10.3. The molecular formula is C22H27N3O3. The van der Waals surface area contributed by atoms with Crippen LogP contribution in [-0.4, -0.2) is 18.2 Å². The molecule has 0 radical (unpaired) electrons. The highest BCUT2D eigenvalue weighted by molar-refractivity contribution is 5.55. The van der Waals surface area contributed by atoms with Crippen molar-refractivity contribution in [1.82, 2.24) is 10.6 Å². The van der Waals surface area contributed by atoms with Crippen molar-refractivity contribution in [2.75, 3.05) is 6.61 Å². The molecule has 2 heterocycles. The molecule has 1 unspecified atom stereocenters. The van der Waals surface area contributed by atoms with Crippen LogP contribution in [0, 0.1) is 19.8 Å². The van der Waals surface area contributed by atoms with Crippen LogP contribution in [0.2, 0.25) is 0 Å². The number of aliphatic imine (C=N–C) groups is 1. The second kappa shape index (κ2) is 6.92. The highest BCUT2D eigenvalue weighted by Gasteiger charge is 2.50. The normalized spacial score (nSPS) is 23.8. The maximum absolute atomic E-state index is 6.22. The van der Waals surface area contributed by atoms with Crippen LogP contribution in [0.15, 0.2) is 27.7 Å². The Morgan fingerprint density at radius 2 is 2.07 bits per heavy atom. The van der Waals surface area contributed by atoms with Gasteiger partial charge in [-0.15, -0.1) is 5.48 Å². The predicted molar refractivity (Wildman–Crippen MR) is 105 cm³/mol. The van der Waals surface area contributed by atoms with E-state index in [1.807, 2.05) is 0 Å². The molecule has 0 bridgehead atoms. The van der Waals surface area contributed by atoms with Gasteiger partial charge in [-0.3, -0.25) is 0 Å². The molecule has 0 saturated heterocycles. The molecule has 1 aliphatic heterocycles. The summed E-state index contributed by atoms with van der Waals surface area (Å²) in [6, 6.07) is 6.39. The Balaban J connectivity index is 1.26. The lowest BCUT2D eigenvalue weighted by molar-refractivity contribution is 0.106. The number of aromatic nitrogens is 1. The second-order valence-corrected chi connectivity index (χ2v) is 8.32. The number of rotatable bonds is 8. The summed E-state index contributed by atoms with van der Waals surface area (Å²) in [4.78, 5) is 9.97. The lowest BCUT2D eigenvalue weighted by Crippen LogP contribution is -2.39. The fourth-order valence-corrected chi connectivity index (χ4v) is 4.19. The summed E-state index contributed by atoms with van der Waals surface area (Å²) in [7, 11) is 0. The number of nitrogens with one attached hydrogen (secondary N) is 1. The van der Waals surface area contributed by atoms with Crippen LogP contribution in [0.4, 0.5) is 0 Å². The lowest BCUT2D eigenvalue weighted by Gasteiger charge is -2.28. The maximum atomic E-state index is 6.22. The van der Waals surface area contributed by atoms with Gasteiger partial charge in [0.05, 0.1) is 12.3 Å². The third-order valence-corrected chi connectivity index (χ3v) is 6.09. The van der Waals surface area contributed by atoms with Gasteiger partial charge in [0.2, 0.25) is 0 Å². The standard InChI is InChI=1S/C22H27N3O3/c1-14-5-10-19(22(17-8-9-17)23-13-27-25-22)15(2)21(14)26-11-3-4-18-12-20(24-28-18)16-6-7-16/h5,10,12-13,16-17,25H,3-4,6-9,11H2,1-2H3. The van der Waals surface area contributed by atoms with E-state index >= 15 is 0 Å². The molecular weight excluding hydrogens is 354 g/mol. The van der Waals surface area contributed by atoms with Crippen molar-refractivity contribution in [2.45, 2.75) is 64.0 Å². The average molecular weight is 381 g/mol. The van der Waals surface area contributed by atoms with E-state index in [1.165, 1.54) is 19.2 Å². The third-order valence-electron chi connectivity index (χ3n) is 6.09. The van der Waals surface area contributed by atoms with E-state index in [0.717, 1.165) is 59.6 Å². The summed E-state index contributed by atoms with van der Waals surface area (Å²) in [5, 5.41) is 4.18. The van der Waals surface area contributed by atoms with Gasteiger partial charge in [-0.05, 0) is 57.1 Å². The number of benzene rings is 1. The van der Waals surface area contributed by atoms with Crippen LogP contribution >= 0.6 is 0 Å². The minimum atomic E-state index is -0.463. The third kappa shape index (κ3) is 3.20. The van der Waals surface area contributed by atoms with Crippen molar-refractivity contribution in [3.63, 3.8) is 0 Å². The topological polar surface area (TPSA) is 68.9 Å². The number of hydroxylamine groups is 1. The van der Waals surface area contributed by atoms with Crippen molar-refractivity contribution in [1.29, 1.82) is 0 Å². The predicted octanol–water partition coefficient (Wildman–Crippen LogP) is 4.31. The molecule has 1 atom stereocenters. The van der Waals surface area contributed by atoms with Crippen LogP contribution in [0.5, 0.6) is 5.75 Å². The van der Waals surface area contributed by atoms with E-state index in [4.69, 9.17) is 14.1 Å².